The predicted molar refractivity (Wildman–Crippen MR) is 112 cm³/mol. The standard InChI is InChI=1S/C19H20Cl2N4OS/c1-2-4-18-23-24-19(27)25(18)22-11-13-7-9-14(10-8-13)26-12-15-16(20)5-3-6-17(15)21/h3,5-10,22H,2,4,11-12H2,1H3,(H,24,27). The van der Waals surface area contributed by atoms with Gasteiger partial charge in [-0.05, 0) is 48.5 Å². The van der Waals surface area contributed by atoms with Crippen molar-refractivity contribution in [2.75, 3.05) is 5.43 Å². The van der Waals surface area contributed by atoms with Crippen LogP contribution in [0.3, 0.4) is 0 Å². The molecule has 0 aliphatic heterocycles. The second kappa shape index (κ2) is 9.26. The van der Waals surface area contributed by atoms with Crippen molar-refractivity contribution in [2.45, 2.75) is 32.9 Å². The van der Waals surface area contributed by atoms with E-state index in [1.807, 2.05) is 35.0 Å². The Hall–Kier alpha value is -2.02. The molecule has 1 heterocycles. The molecule has 27 heavy (non-hydrogen) atoms. The molecule has 0 fully saturated rings. The highest BCUT2D eigenvalue weighted by atomic mass is 35.5. The van der Waals surface area contributed by atoms with E-state index in [0.717, 1.165) is 35.5 Å². The summed E-state index contributed by atoms with van der Waals surface area (Å²) in [6.07, 6.45) is 1.86. The summed E-state index contributed by atoms with van der Waals surface area (Å²) in [4.78, 5) is 0. The minimum Gasteiger partial charge on any atom is -0.489 e. The fourth-order valence-corrected chi connectivity index (χ4v) is 3.31. The molecule has 0 saturated carbocycles. The molecule has 3 rings (SSSR count). The van der Waals surface area contributed by atoms with Crippen LogP contribution in [0.15, 0.2) is 42.5 Å². The van der Waals surface area contributed by atoms with Crippen LogP contribution in [0.4, 0.5) is 0 Å². The normalized spacial score (nSPS) is 10.8. The Labute approximate surface area is 173 Å². The fourth-order valence-electron chi connectivity index (χ4n) is 2.58. The highest BCUT2D eigenvalue weighted by molar-refractivity contribution is 7.71. The van der Waals surface area contributed by atoms with E-state index in [0.29, 0.717) is 28.0 Å². The van der Waals surface area contributed by atoms with Gasteiger partial charge in [0.05, 0.1) is 6.54 Å². The smallest absolute Gasteiger partial charge is 0.214 e. The van der Waals surface area contributed by atoms with E-state index in [4.69, 9.17) is 40.2 Å². The summed E-state index contributed by atoms with van der Waals surface area (Å²) in [6, 6.07) is 13.3. The van der Waals surface area contributed by atoms with Crippen LogP contribution >= 0.6 is 35.4 Å². The molecule has 8 heteroatoms. The molecule has 2 aromatic carbocycles. The zero-order valence-corrected chi connectivity index (χ0v) is 17.2. The zero-order chi connectivity index (χ0) is 19.2. The van der Waals surface area contributed by atoms with Crippen molar-refractivity contribution in [1.29, 1.82) is 0 Å². The lowest BCUT2D eigenvalue weighted by atomic mass is 10.2. The number of rotatable bonds is 8. The molecule has 1 aromatic heterocycles. The predicted octanol–water partition coefficient (Wildman–Crippen LogP) is 5.52. The van der Waals surface area contributed by atoms with Crippen LogP contribution in [0.1, 0.15) is 30.3 Å². The molecule has 0 amide bonds. The molecule has 0 aliphatic rings. The fraction of sp³-hybridized carbons (Fsp3) is 0.263. The lowest BCUT2D eigenvalue weighted by Gasteiger charge is -2.12. The van der Waals surface area contributed by atoms with E-state index in [1.165, 1.54) is 0 Å². The molecule has 2 N–H and O–H groups in total. The molecule has 0 spiro atoms. The third-order valence-electron chi connectivity index (χ3n) is 4.02. The molecule has 0 aliphatic carbocycles. The molecule has 0 unspecified atom stereocenters. The summed E-state index contributed by atoms with van der Waals surface area (Å²) in [5.74, 6) is 1.65. The van der Waals surface area contributed by atoms with E-state index in [1.54, 1.807) is 12.1 Å². The van der Waals surface area contributed by atoms with Crippen molar-refractivity contribution in [2.24, 2.45) is 0 Å². The molecule has 142 valence electrons. The Balaban J connectivity index is 1.59. The van der Waals surface area contributed by atoms with Gasteiger partial charge >= 0.3 is 0 Å². The molecular weight excluding hydrogens is 403 g/mol. The Morgan fingerprint density at radius 1 is 1.15 bits per heavy atom. The quantitative estimate of drug-likeness (QED) is 0.469. The van der Waals surface area contributed by atoms with Crippen molar-refractivity contribution in [3.8, 4) is 5.75 Å². The number of aromatic nitrogens is 3. The Kier molecular flexibility index (Phi) is 6.77. The first-order valence-electron chi connectivity index (χ1n) is 8.63. The zero-order valence-electron chi connectivity index (χ0n) is 14.8. The second-order valence-electron chi connectivity index (χ2n) is 6.00. The van der Waals surface area contributed by atoms with E-state index >= 15 is 0 Å². The first-order chi connectivity index (χ1) is 13.1. The number of halogens is 2. The van der Waals surface area contributed by atoms with Gasteiger partial charge < -0.3 is 10.2 Å². The van der Waals surface area contributed by atoms with Gasteiger partial charge in [-0.2, -0.15) is 5.10 Å². The molecule has 0 atom stereocenters. The van der Waals surface area contributed by atoms with Gasteiger partial charge in [0.15, 0.2) is 5.82 Å². The van der Waals surface area contributed by atoms with Crippen molar-refractivity contribution < 1.29 is 4.74 Å². The number of hydrogen-bond acceptors (Lipinski definition) is 4. The number of hydrogen-bond donors (Lipinski definition) is 2. The number of nitrogens with one attached hydrogen (secondary N) is 2. The van der Waals surface area contributed by atoms with Gasteiger partial charge in [-0.25, -0.2) is 4.68 Å². The molecule has 3 aromatic rings. The minimum atomic E-state index is 0.320. The van der Waals surface area contributed by atoms with Gasteiger partial charge in [-0.1, -0.05) is 48.3 Å². The van der Waals surface area contributed by atoms with E-state index < -0.39 is 0 Å². The Bertz CT molecular complexity index is 933. The largest absolute Gasteiger partial charge is 0.489 e. The number of H-pyrrole nitrogens is 1. The van der Waals surface area contributed by atoms with Crippen molar-refractivity contribution in [3.63, 3.8) is 0 Å². The van der Waals surface area contributed by atoms with E-state index in [9.17, 15) is 0 Å². The van der Waals surface area contributed by atoms with E-state index in [-0.39, 0.29) is 0 Å². The summed E-state index contributed by atoms with van der Waals surface area (Å²) in [5, 5.41) is 8.26. The molecular formula is C19H20Cl2N4OS. The molecule has 0 radical (unpaired) electrons. The Morgan fingerprint density at radius 3 is 2.52 bits per heavy atom. The average Bonchev–Trinajstić information content (AvgIpc) is 3.00. The lowest BCUT2D eigenvalue weighted by Crippen LogP contribution is -2.17. The highest BCUT2D eigenvalue weighted by Gasteiger charge is 2.07. The molecule has 0 saturated heterocycles. The maximum absolute atomic E-state index is 6.17. The summed E-state index contributed by atoms with van der Waals surface area (Å²) in [5.41, 5.74) is 5.18. The second-order valence-corrected chi connectivity index (χ2v) is 7.20. The third-order valence-corrected chi connectivity index (χ3v) is 5.01. The number of aryl methyl sites for hydroxylation is 1. The van der Waals surface area contributed by atoms with Gasteiger partial charge in [0, 0.05) is 22.0 Å². The van der Waals surface area contributed by atoms with Crippen molar-refractivity contribution in [3.05, 3.63) is 74.2 Å². The van der Waals surface area contributed by atoms with Crippen molar-refractivity contribution in [1.82, 2.24) is 14.9 Å². The monoisotopic (exact) mass is 422 g/mol. The average molecular weight is 423 g/mol. The Morgan fingerprint density at radius 2 is 1.85 bits per heavy atom. The highest BCUT2D eigenvalue weighted by Crippen LogP contribution is 2.26. The lowest BCUT2D eigenvalue weighted by molar-refractivity contribution is 0.306. The number of nitrogens with zero attached hydrogens (tertiary/aromatic N) is 2. The van der Waals surface area contributed by atoms with Gasteiger partial charge in [0.25, 0.3) is 0 Å². The summed E-state index contributed by atoms with van der Waals surface area (Å²) >= 11 is 17.6. The molecule has 0 bridgehead atoms. The maximum Gasteiger partial charge on any atom is 0.214 e. The SMILES string of the molecule is CCCc1n[nH]c(=S)n1NCc1ccc(OCc2c(Cl)cccc2Cl)cc1. The van der Waals surface area contributed by atoms with Crippen LogP contribution in [0.25, 0.3) is 0 Å². The van der Waals surface area contributed by atoms with Crippen LogP contribution < -0.4 is 10.2 Å². The number of aromatic amines is 1. The van der Waals surface area contributed by atoms with Gasteiger partial charge in [-0.3, -0.25) is 5.10 Å². The number of benzene rings is 2. The summed E-state index contributed by atoms with van der Waals surface area (Å²) < 4.78 is 8.19. The van der Waals surface area contributed by atoms with Crippen LogP contribution in [-0.2, 0) is 19.6 Å². The number of ether oxygens (including phenoxy) is 1. The van der Waals surface area contributed by atoms with Crippen LogP contribution in [0.5, 0.6) is 5.75 Å². The summed E-state index contributed by atoms with van der Waals surface area (Å²) in [7, 11) is 0. The van der Waals surface area contributed by atoms with Gasteiger partial charge in [-0.15, -0.1) is 0 Å². The van der Waals surface area contributed by atoms with Gasteiger partial charge in [0.1, 0.15) is 12.4 Å². The first-order valence-corrected chi connectivity index (χ1v) is 9.79. The first kappa shape index (κ1) is 19.7. The topological polar surface area (TPSA) is 54.9 Å². The van der Waals surface area contributed by atoms with Crippen LogP contribution in [-0.4, -0.2) is 14.9 Å². The van der Waals surface area contributed by atoms with Crippen molar-refractivity contribution >= 4 is 35.4 Å². The maximum atomic E-state index is 6.17. The van der Waals surface area contributed by atoms with Crippen LogP contribution in [0, 0.1) is 4.77 Å². The van der Waals surface area contributed by atoms with E-state index in [2.05, 4.69) is 22.5 Å². The summed E-state index contributed by atoms with van der Waals surface area (Å²) in [6.45, 7) is 3.05. The third kappa shape index (κ3) is 5.03. The van der Waals surface area contributed by atoms with Gasteiger partial charge in [0.2, 0.25) is 4.77 Å². The minimum absolute atomic E-state index is 0.320. The molecule has 5 nitrogen and oxygen atoms in total. The van der Waals surface area contributed by atoms with Crippen LogP contribution in [0.2, 0.25) is 10.0 Å².